The Kier molecular flexibility index (Phi) is 3.78. The maximum absolute atomic E-state index is 4.38. The van der Waals surface area contributed by atoms with E-state index in [4.69, 9.17) is 0 Å². The number of halogens is 1. The summed E-state index contributed by atoms with van der Waals surface area (Å²) in [7, 11) is 0. The van der Waals surface area contributed by atoms with Crippen LogP contribution in [0.5, 0.6) is 0 Å². The van der Waals surface area contributed by atoms with Crippen molar-refractivity contribution in [2.75, 3.05) is 23.3 Å². The number of benzene rings is 1. The molecule has 0 unspecified atom stereocenters. The third-order valence-electron chi connectivity index (χ3n) is 2.70. The Morgan fingerprint density at radius 2 is 2.06 bits per heavy atom. The predicted octanol–water partition coefficient (Wildman–Crippen LogP) is 3.46. The van der Waals surface area contributed by atoms with E-state index in [2.05, 4.69) is 57.0 Å². The number of hydrogen-bond donors (Lipinski definition) is 0. The summed E-state index contributed by atoms with van der Waals surface area (Å²) in [5, 5.41) is 2.21. The molecule has 0 spiro atoms. The van der Waals surface area contributed by atoms with Gasteiger partial charge in [-0.05, 0) is 19.1 Å². The fraction of sp³-hybridized carbons (Fsp3) is 0.308. The lowest BCUT2D eigenvalue weighted by Gasteiger charge is -2.23. The third-order valence-corrected chi connectivity index (χ3v) is 3.06. The molecule has 84 valence electrons. The van der Waals surface area contributed by atoms with Gasteiger partial charge in [0, 0.05) is 35.7 Å². The summed E-state index contributed by atoms with van der Waals surface area (Å²) in [6.07, 6.45) is 1.88. The van der Waals surface area contributed by atoms with Crippen molar-refractivity contribution in [1.29, 1.82) is 0 Å². The van der Waals surface area contributed by atoms with E-state index in [1.807, 2.05) is 12.3 Å². The molecule has 0 amide bonds. The second kappa shape index (κ2) is 5.30. The molecule has 0 saturated carbocycles. The van der Waals surface area contributed by atoms with Crippen LogP contribution in [-0.2, 0) is 0 Å². The van der Waals surface area contributed by atoms with E-state index in [9.17, 15) is 0 Å². The fourth-order valence-electron chi connectivity index (χ4n) is 1.91. The lowest BCUT2D eigenvalue weighted by Crippen LogP contribution is -2.24. The van der Waals surface area contributed by atoms with Crippen molar-refractivity contribution in [3.8, 4) is 0 Å². The van der Waals surface area contributed by atoms with Crippen LogP contribution in [0.2, 0.25) is 0 Å². The van der Waals surface area contributed by atoms with Crippen molar-refractivity contribution in [3.05, 3.63) is 36.5 Å². The molecule has 0 aliphatic carbocycles. The van der Waals surface area contributed by atoms with Crippen LogP contribution in [0.4, 0.5) is 5.69 Å². The number of hydrogen-bond acceptors (Lipinski definition) is 2. The molecule has 16 heavy (non-hydrogen) atoms. The normalized spacial score (nSPS) is 10.6. The lowest BCUT2D eigenvalue weighted by molar-refractivity contribution is 0.879. The Morgan fingerprint density at radius 3 is 2.81 bits per heavy atom. The monoisotopic (exact) mass is 278 g/mol. The van der Waals surface area contributed by atoms with Crippen LogP contribution in [0.15, 0.2) is 36.5 Å². The van der Waals surface area contributed by atoms with Crippen LogP contribution >= 0.6 is 15.9 Å². The van der Waals surface area contributed by atoms with Crippen LogP contribution in [-0.4, -0.2) is 23.4 Å². The molecule has 1 heterocycles. The van der Waals surface area contributed by atoms with E-state index < -0.39 is 0 Å². The molecule has 3 heteroatoms. The largest absolute Gasteiger partial charge is 0.370 e. The summed E-state index contributed by atoms with van der Waals surface area (Å²) >= 11 is 3.49. The van der Waals surface area contributed by atoms with Gasteiger partial charge in [-0.15, -0.1) is 0 Å². The number of aromatic nitrogens is 1. The highest BCUT2D eigenvalue weighted by atomic mass is 79.9. The fourth-order valence-corrected chi connectivity index (χ4v) is 2.34. The van der Waals surface area contributed by atoms with Gasteiger partial charge in [-0.3, -0.25) is 4.98 Å². The zero-order chi connectivity index (χ0) is 11.4. The van der Waals surface area contributed by atoms with Crippen molar-refractivity contribution in [2.45, 2.75) is 6.92 Å². The Balaban J connectivity index is 2.50. The Bertz CT molecular complexity index is 465. The molecule has 1 aromatic heterocycles. The molecule has 0 N–H and O–H groups in total. The predicted molar refractivity (Wildman–Crippen MR) is 73.4 cm³/mol. The molecule has 0 radical (unpaired) electrons. The number of fused-ring (bicyclic) bond motifs is 1. The first-order valence-corrected chi connectivity index (χ1v) is 6.63. The summed E-state index contributed by atoms with van der Waals surface area (Å²) in [4.78, 5) is 6.74. The maximum Gasteiger partial charge on any atom is 0.0722 e. The summed E-state index contributed by atoms with van der Waals surface area (Å²) in [6, 6.07) is 10.4. The standard InChI is InChI=1S/C13H15BrN2/c1-2-16(10-8-14)13-7-9-15-12-6-4-3-5-11(12)13/h3-7,9H,2,8,10H2,1H3. The zero-order valence-corrected chi connectivity index (χ0v) is 10.9. The van der Waals surface area contributed by atoms with Crippen molar-refractivity contribution >= 4 is 32.5 Å². The first-order valence-electron chi connectivity index (χ1n) is 5.51. The minimum Gasteiger partial charge on any atom is -0.370 e. The van der Waals surface area contributed by atoms with Gasteiger partial charge in [0.1, 0.15) is 0 Å². The minimum absolute atomic E-state index is 0.984. The zero-order valence-electron chi connectivity index (χ0n) is 9.36. The number of para-hydroxylation sites is 1. The number of alkyl halides is 1. The molecular formula is C13H15BrN2. The van der Waals surface area contributed by atoms with Gasteiger partial charge < -0.3 is 4.90 Å². The highest BCUT2D eigenvalue weighted by molar-refractivity contribution is 9.09. The van der Waals surface area contributed by atoms with Gasteiger partial charge in [0.25, 0.3) is 0 Å². The van der Waals surface area contributed by atoms with E-state index in [1.54, 1.807) is 0 Å². The van der Waals surface area contributed by atoms with Crippen molar-refractivity contribution in [1.82, 2.24) is 4.98 Å². The van der Waals surface area contributed by atoms with E-state index in [1.165, 1.54) is 11.1 Å². The lowest BCUT2D eigenvalue weighted by atomic mass is 10.1. The van der Waals surface area contributed by atoms with Crippen LogP contribution in [0.3, 0.4) is 0 Å². The van der Waals surface area contributed by atoms with Crippen LogP contribution in [0.25, 0.3) is 10.9 Å². The third kappa shape index (κ3) is 2.19. The van der Waals surface area contributed by atoms with E-state index in [0.717, 1.165) is 23.9 Å². The van der Waals surface area contributed by atoms with Crippen LogP contribution < -0.4 is 4.90 Å². The van der Waals surface area contributed by atoms with E-state index in [-0.39, 0.29) is 0 Å². The van der Waals surface area contributed by atoms with Crippen LogP contribution in [0.1, 0.15) is 6.92 Å². The number of rotatable bonds is 4. The molecule has 2 nitrogen and oxygen atoms in total. The molecule has 2 rings (SSSR count). The van der Waals surface area contributed by atoms with E-state index in [0.29, 0.717) is 0 Å². The average Bonchev–Trinajstić information content (AvgIpc) is 2.35. The van der Waals surface area contributed by atoms with Gasteiger partial charge in [0.05, 0.1) is 5.52 Å². The number of pyridine rings is 1. The molecule has 0 aliphatic rings. The second-order valence-corrected chi connectivity index (χ2v) is 4.41. The molecule has 0 fully saturated rings. The topological polar surface area (TPSA) is 16.1 Å². The number of nitrogens with zero attached hydrogens (tertiary/aromatic N) is 2. The van der Waals surface area contributed by atoms with Crippen molar-refractivity contribution in [3.63, 3.8) is 0 Å². The van der Waals surface area contributed by atoms with Crippen LogP contribution in [0, 0.1) is 0 Å². The highest BCUT2D eigenvalue weighted by Crippen LogP contribution is 2.24. The van der Waals surface area contributed by atoms with E-state index >= 15 is 0 Å². The molecule has 1 aromatic carbocycles. The Hall–Kier alpha value is -1.09. The van der Waals surface area contributed by atoms with Crippen molar-refractivity contribution < 1.29 is 0 Å². The Morgan fingerprint density at radius 1 is 1.25 bits per heavy atom. The summed E-state index contributed by atoms with van der Waals surface area (Å²) < 4.78 is 0. The summed E-state index contributed by atoms with van der Waals surface area (Å²) in [5.41, 5.74) is 2.33. The quantitative estimate of drug-likeness (QED) is 0.797. The minimum atomic E-state index is 0.984. The van der Waals surface area contributed by atoms with Crippen molar-refractivity contribution in [2.24, 2.45) is 0 Å². The SMILES string of the molecule is CCN(CCBr)c1ccnc2ccccc12. The highest BCUT2D eigenvalue weighted by Gasteiger charge is 2.07. The Labute approximate surface area is 104 Å². The molecule has 0 bridgehead atoms. The van der Waals surface area contributed by atoms with Gasteiger partial charge in [-0.1, -0.05) is 34.1 Å². The molecule has 0 aliphatic heterocycles. The maximum atomic E-state index is 4.38. The smallest absolute Gasteiger partial charge is 0.0722 e. The average molecular weight is 279 g/mol. The van der Waals surface area contributed by atoms with Gasteiger partial charge in [0.15, 0.2) is 0 Å². The number of anilines is 1. The second-order valence-electron chi connectivity index (χ2n) is 3.62. The molecule has 0 saturated heterocycles. The first-order chi connectivity index (χ1) is 7.86. The van der Waals surface area contributed by atoms with Gasteiger partial charge in [0.2, 0.25) is 0 Å². The van der Waals surface area contributed by atoms with Gasteiger partial charge >= 0.3 is 0 Å². The molecule has 0 atom stereocenters. The van der Waals surface area contributed by atoms with Gasteiger partial charge in [-0.2, -0.15) is 0 Å². The summed E-state index contributed by atoms with van der Waals surface area (Å²) in [6.45, 7) is 4.21. The molecular weight excluding hydrogens is 264 g/mol. The first kappa shape index (κ1) is 11.4. The van der Waals surface area contributed by atoms with Gasteiger partial charge in [-0.25, -0.2) is 0 Å². The molecule has 2 aromatic rings. The summed E-state index contributed by atoms with van der Waals surface area (Å²) in [5.74, 6) is 0.